The van der Waals surface area contributed by atoms with Gasteiger partial charge in [0.15, 0.2) is 5.76 Å². The van der Waals surface area contributed by atoms with Gasteiger partial charge in [0.1, 0.15) is 6.61 Å². The predicted octanol–water partition coefficient (Wildman–Crippen LogP) is 1.90. The van der Waals surface area contributed by atoms with Crippen molar-refractivity contribution in [2.45, 2.75) is 39.2 Å². The summed E-state index contributed by atoms with van der Waals surface area (Å²) in [7, 11) is 0. The first-order valence-corrected chi connectivity index (χ1v) is 4.41. The van der Waals surface area contributed by atoms with Crippen LogP contribution in [0.3, 0.4) is 0 Å². The van der Waals surface area contributed by atoms with Gasteiger partial charge < -0.3 is 9.63 Å². The van der Waals surface area contributed by atoms with Crippen LogP contribution in [-0.2, 0) is 13.0 Å². The second-order valence-corrected chi connectivity index (χ2v) is 2.89. The molecule has 1 rings (SSSR count). The van der Waals surface area contributed by atoms with Gasteiger partial charge in [-0.3, -0.25) is 0 Å². The standard InChI is InChI=1S/C9H15NO2/c1-2-3-4-5-8-6-10-12-9(8)7-11/h6,11H,2-5,7H2,1H3. The quantitative estimate of drug-likeness (QED) is 0.685. The molecule has 0 saturated carbocycles. The molecule has 0 bridgehead atoms. The highest BCUT2D eigenvalue weighted by molar-refractivity contribution is 5.12. The Labute approximate surface area is 72.4 Å². The Morgan fingerprint density at radius 3 is 3.00 bits per heavy atom. The molecular formula is C9H15NO2. The molecule has 3 nitrogen and oxygen atoms in total. The molecule has 0 amide bonds. The van der Waals surface area contributed by atoms with Crippen molar-refractivity contribution in [3.8, 4) is 0 Å². The highest BCUT2D eigenvalue weighted by Crippen LogP contribution is 2.11. The minimum Gasteiger partial charge on any atom is -0.388 e. The van der Waals surface area contributed by atoms with E-state index < -0.39 is 0 Å². The number of hydrogen-bond donors (Lipinski definition) is 1. The molecule has 0 saturated heterocycles. The Hall–Kier alpha value is -0.830. The zero-order valence-electron chi connectivity index (χ0n) is 7.42. The van der Waals surface area contributed by atoms with Crippen LogP contribution in [0.2, 0.25) is 0 Å². The fraction of sp³-hybridized carbons (Fsp3) is 0.667. The zero-order valence-corrected chi connectivity index (χ0v) is 7.42. The van der Waals surface area contributed by atoms with Crippen molar-refractivity contribution in [1.29, 1.82) is 0 Å². The highest BCUT2D eigenvalue weighted by atomic mass is 16.5. The van der Waals surface area contributed by atoms with E-state index in [0.29, 0.717) is 5.76 Å². The van der Waals surface area contributed by atoms with Gasteiger partial charge in [0.05, 0.1) is 6.20 Å². The summed E-state index contributed by atoms with van der Waals surface area (Å²) in [5.41, 5.74) is 1.05. The largest absolute Gasteiger partial charge is 0.388 e. The molecule has 0 aliphatic carbocycles. The van der Waals surface area contributed by atoms with E-state index in [1.165, 1.54) is 12.8 Å². The SMILES string of the molecule is CCCCCc1cnoc1CO. The average Bonchev–Trinajstić information content (AvgIpc) is 2.52. The second-order valence-electron chi connectivity index (χ2n) is 2.89. The Morgan fingerprint density at radius 2 is 2.33 bits per heavy atom. The van der Waals surface area contributed by atoms with Crippen LogP contribution in [0, 0.1) is 0 Å². The van der Waals surface area contributed by atoms with Crippen molar-refractivity contribution < 1.29 is 9.63 Å². The van der Waals surface area contributed by atoms with Crippen LogP contribution in [-0.4, -0.2) is 10.3 Å². The molecule has 68 valence electrons. The molecule has 1 aromatic rings. The molecule has 0 fully saturated rings. The molecule has 1 aromatic heterocycles. The van der Waals surface area contributed by atoms with Gasteiger partial charge in [0.2, 0.25) is 0 Å². The molecular weight excluding hydrogens is 154 g/mol. The minimum absolute atomic E-state index is 0.0402. The maximum absolute atomic E-state index is 8.83. The lowest BCUT2D eigenvalue weighted by molar-refractivity contribution is 0.227. The van der Waals surface area contributed by atoms with E-state index in [1.54, 1.807) is 6.20 Å². The average molecular weight is 169 g/mol. The molecule has 3 heteroatoms. The van der Waals surface area contributed by atoms with Crippen LogP contribution in [0.1, 0.15) is 37.5 Å². The number of aromatic nitrogens is 1. The van der Waals surface area contributed by atoms with Gasteiger partial charge in [0, 0.05) is 5.56 Å². The molecule has 0 atom stereocenters. The summed E-state index contributed by atoms with van der Waals surface area (Å²) in [6.45, 7) is 2.13. The Balaban J connectivity index is 2.39. The summed E-state index contributed by atoms with van der Waals surface area (Å²) in [6.07, 6.45) is 6.23. The molecule has 0 aromatic carbocycles. The van der Waals surface area contributed by atoms with Gasteiger partial charge in [-0.05, 0) is 12.8 Å². The van der Waals surface area contributed by atoms with Gasteiger partial charge in [-0.2, -0.15) is 0 Å². The number of aliphatic hydroxyl groups is 1. The number of aliphatic hydroxyl groups excluding tert-OH is 1. The van der Waals surface area contributed by atoms with E-state index in [2.05, 4.69) is 12.1 Å². The van der Waals surface area contributed by atoms with Crippen molar-refractivity contribution in [2.75, 3.05) is 0 Å². The van der Waals surface area contributed by atoms with Crippen LogP contribution in [0.15, 0.2) is 10.7 Å². The zero-order chi connectivity index (χ0) is 8.81. The van der Waals surface area contributed by atoms with Gasteiger partial charge in [-0.25, -0.2) is 0 Å². The summed E-state index contributed by atoms with van der Waals surface area (Å²) in [5, 5.41) is 12.5. The molecule has 0 aliphatic rings. The third-order valence-corrected chi connectivity index (χ3v) is 1.92. The third-order valence-electron chi connectivity index (χ3n) is 1.92. The normalized spacial score (nSPS) is 10.5. The highest BCUT2D eigenvalue weighted by Gasteiger charge is 2.05. The second kappa shape index (κ2) is 4.93. The number of hydrogen-bond acceptors (Lipinski definition) is 3. The summed E-state index contributed by atoms with van der Waals surface area (Å²) >= 11 is 0. The van der Waals surface area contributed by atoms with E-state index in [1.807, 2.05) is 0 Å². The van der Waals surface area contributed by atoms with Crippen LogP contribution < -0.4 is 0 Å². The number of nitrogens with zero attached hydrogens (tertiary/aromatic N) is 1. The molecule has 0 radical (unpaired) electrons. The van der Waals surface area contributed by atoms with Crippen LogP contribution in [0.25, 0.3) is 0 Å². The van der Waals surface area contributed by atoms with E-state index in [-0.39, 0.29) is 6.61 Å². The van der Waals surface area contributed by atoms with Crippen molar-refractivity contribution in [3.05, 3.63) is 17.5 Å². The van der Waals surface area contributed by atoms with Crippen LogP contribution in [0.5, 0.6) is 0 Å². The number of rotatable bonds is 5. The van der Waals surface area contributed by atoms with Gasteiger partial charge in [-0.15, -0.1) is 0 Å². The lowest BCUT2D eigenvalue weighted by Crippen LogP contribution is -1.89. The van der Waals surface area contributed by atoms with E-state index in [9.17, 15) is 0 Å². The van der Waals surface area contributed by atoms with Crippen molar-refractivity contribution in [2.24, 2.45) is 0 Å². The van der Waals surface area contributed by atoms with Gasteiger partial charge >= 0.3 is 0 Å². The Bertz CT molecular complexity index is 220. The first kappa shape index (κ1) is 9.26. The van der Waals surface area contributed by atoms with E-state index in [4.69, 9.17) is 9.63 Å². The monoisotopic (exact) mass is 169 g/mol. The van der Waals surface area contributed by atoms with E-state index in [0.717, 1.165) is 18.4 Å². The van der Waals surface area contributed by atoms with Crippen molar-refractivity contribution in [3.63, 3.8) is 0 Å². The number of unbranched alkanes of at least 4 members (excludes halogenated alkanes) is 2. The molecule has 1 N–H and O–H groups in total. The van der Waals surface area contributed by atoms with Crippen molar-refractivity contribution in [1.82, 2.24) is 5.16 Å². The molecule has 0 aliphatic heterocycles. The summed E-state index contributed by atoms with van der Waals surface area (Å²) in [4.78, 5) is 0. The maximum Gasteiger partial charge on any atom is 0.165 e. The summed E-state index contributed by atoms with van der Waals surface area (Å²) in [6, 6.07) is 0. The summed E-state index contributed by atoms with van der Waals surface area (Å²) in [5.74, 6) is 0.617. The topological polar surface area (TPSA) is 46.3 Å². The van der Waals surface area contributed by atoms with E-state index >= 15 is 0 Å². The van der Waals surface area contributed by atoms with Gasteiger partial charge in [-0.1, -0.05) is 24.9 Å². The molecule has 0 unspecified atom stereocenters. The Morgan fingerprint density at radius 1 is 1.50 bits per heavy atom. The minimum atomic E-state index is -0.0402. The lowest BCUT2D eigenvalue weighted by atomic mass is 10.1. The summed E-state index contributed by atoms with van der Waals surface area (Å²) < 4.78 is 4.84. The first-order valence-electron chi connectivity index (χ1n) is 4.41. The fourth-order valence-corrected chi connectivity index (χ4v) is 1.18. The molecule has 0 spiro atoms. The van der Waals surface area contributed by atoms with Crippen LogP contribution in [0.4, 0.5) is 0 Å². The number of aryl methyl sites for hydroxylation is 1. The fourth-order valence-electron chi connectivity index (χ4n) is 1.18. The van der Waals surface area contributed by atoms with Gasteiger partial charge in [0.25, 0.3) is 0 Å². The smallest absolute Gasteiger partial charge is 0.165 e. The molecule has 1 heterocycles. The first-order chi connectivity index (χ1) is 5.88. The van der Waals surface area contributed by atoms with Crippen molar-refractivity contribution >= 4 is 0 Å². The lowest BCUT2D eigenvalue weighted by Gasteiger charge is -1.96. The third kappa shape index (κ3) is 2.34. The van der Waals surface area contributed by atoms with Crippen LogP contribution >= 0.6 is 0 Å². The predicted molar refractivity (Wildman–Crippen MR) is 45.7 cm³/mol. The molecule has 12 heavy (non-hydrogen) atoms. The Kier molecular flexibility index (Phi) is 3.80. The maximum atomic E-state index is 8.83.